The second-order valence-corrected chi connectivity index (χ2v) is 6.09. The van der Waals surface area contributed by atoms with E-state index in [2.05, 4.69) is 4.98 Å². The fourth-order valence-corrected chi connectivity index (χ4v) is 2.81. The number of nitrogens with zero attached hydrogens (tertiary/aromatic N) is 1. The molecule has 3 aromatic rings. The Balaban J connectivity index is 1.88. The van der Waals surface area contributed by atoms with Crippen LogP contribution in [-0.4, -0.2) is 23.2 Å². The van der Waals surface area contributed by atoms with E-state index in [1.54, 1.807) is 18.3 Å². The molecular weight excluding hydrogens is 352 g/mol. The third-order valence-electron chi connectivity index (χ3n) is 4.12. The largest absolute Gasteiger partial charge is 0.481 e. The second-order valence-electron chi connectivity index (χ2n) is 6.09. The number of hydrogen-bond donors (Lipinski definition) is 1. The summed E-state index contributed by atoms with van der Waals surface area (Å²) in [5.74, 6) is -2.41. The average Bonchev–Trinajstić information content (AvgIpc) is 2.65. The molecular formula is C21H17F2NO3. The van der Waals surface area contributed by atoms with Crippen LogP contribution in [0.3, 0.4) is 0 Å². The molecule has 0 radical (unpaired) electrons. The molecule has 0 saturated carbocycles. The maximum atomic E-state index is 13.6. The van der Waals surface area contributed by atoms with Crippen LogP contribution in [0.2, 0.25) is 0 Å². The molecule has 0 atom stereocenters. The summed E-state index contributed by atoms with van der Waals surface area (Å²) in [5, 5.41) is 8.83. The Hall–Kier alpha value is -3.28. The van der Waals surface area contributed by atoms with Crippen LogP contribution >= 0.6 is 0 Å². The molecule has 0 saturated heterocycles. The van der Waals surface area contributed by atoms with Crippen LogP contribution in [0.1, 0.15) is 16.7 Å². The summed E-state index contributed by atoms with van der Waals surface area (Å²) in [4.78, 5) is 15.0. The Bertz CT molecular complexity index is 972. The van der Waals surface area contributed by atoms with Crippen molar-refractivity contribution in [1.82, 2.24) is 4.98 Å². The summed E-state index contributed by atoms with van der Waals surface area (Å²) in [7, 11) is 1.46. The van der Waals surface area contributed by atoms with Crippen LogP contribution in [-0.2, 0) is 17.6 Å². The lowest BCUT2D eigenvalue weighted by molar-refractivity contribution is -0.136. The molecule has 0 amide bonds. The molecule has 4 nitrogen and oxygen atoms in total. The number of ether oxygens (including phenoxy) is 1. The lowest BCUT2D eigenvalue weighted by Crippen LogP contribution is -2.00. The Morgan fingerprint density at radius 2 is 1.70 bits per heavy atom. The second kappa shape index (κ2) is 7.95. The average molecular weight is 369 g/mol. The van der Waals surface area contributed by atoms with E-state index in [0.29, 0.717) is 23.4 Å². The van der Waals surface area contributed by atoms with Crippen molar-refractivity contribution in [2.75, 3.05) is 7.11 Å². The number of methoxy groups -OCH3 is 1. The van der Waals surface area contributed by atoms with Gasteiger partial charge in [0.25, 0.3) is 0 Å². The number of halogens is 2. The van der Waals surface area contributed by atoms with E-state index in [-0.39, 0.29) is 6.42 Å². The van der Waals surface area contributed by atoms with Crippen molar-refractivity contribution >= 4 is 5.97 Å². The number of benzene rings is 2. The Kier molecular flexibility index (Phi) is 5.45. The molecule has 0 aliphatic heterocycles. The van der Waals surface area contributed by atoms with E-state index in [9.17, 15) is 13.6 Å². The summed E-state index contributed by atoms with van der Waals surface area (Å²) in [6.07, 6.45) is 2.19. The molecule has 0 aliphatic carbocycles. The highest BCUT2D eigenvalue weighted by Crippen LogP contribution is 2.30. The van der Waals surface area contributed by atoms with Crippen LogP contribution < -0.4 is 4.74 Å². The summed E-state index contributed by atoms with van der Waals surface area (Å²) >= 11 is 0. The van der Waals surface area contributed by atoms with Gasteiger partial charge in [0.15, 0.2) is 11.6 Å². The number of aliphatic carboxylic acids is 1. The van der Waals surface area contributed by atoms with Crippen molar-refractivity contribution in [2.45, 2.75) is 12.8 Å². The Morgan fingerprint density at radius 1 is 1.00 bits per heavy atom. The predicted molar refractivity (Wildman–Crippen MR) is 96.7 cm³/mol. The zero-order valence-electron chi connectivity index (χ0n) is 14.6. The van der Waals surface area contributed by atoms with Gasteiger partial charge in [-0.3, -0.25) is 4.79 Å². The number of carboxylic acids is 1. The van der Waals surface area contributed by atoms with E-state index in [1.807, 2.05) is 18.2 Å². The van der Waals surface area contributed by atoms with Crippen molar-refractivity contribution in [3.8, 4) is 17.0 Å². The molecule has 1 heterocycles. The third-order valence-corrected chi connectivity index (χ3v) is 4.12. The van der Waals surface area contributed by atoms with Gasteiger partial charge in [0.1, 0.15) is 0 Å². The van der Waals surface area contributed by atoms with Gasteiger partial charge < -0.3 is 9.84 Å². The normalized spacial score (nSPS) is 10.6. The van der Waals surface area contributed by atoms with Crippen molar-refractivity contribution in [3.05, 3.63) is 83.1 Å². The Labute approximate surface area is 155 Å². The van der Waals surface area contributed by atoms with Crippen LogP contribution in [0.25, 0.3) is 11.1 Å². The first-order chi connectivity index (χ1) is 13.0. The van der Waals surface area contributed by atoms with E-state index in [1.165, 1.54) is 13.2 Å². The minimum absolute atomic E-state index is 0.0232. The number of hydrogen-bond acceptors (Lipinski definition) is 3. The first-order valence-corrected chi connectivity index (χ1v) is 8.24. The quantitative estimate of drug-likeness (QED) is 0.706. The zero-order valence-corrected chi connectivity index (χ0v) is 14.6. The molecule has 0 fully saturated rings. The maximum absolute atomic E-state index is 13.6. The van der Waals surface area contributed by atoms with Crippen LogP contribution in [0, 0.1) is 11.6 Å². The minimum atomic E-state index is -0.936. The summed E-state index contributed by atoms with van der Waals surface area (Å²) in [6.45, 7) is 0. The van der Waals surface area contributed by atoms with E-state index in [0.717, 1.165) is 28.8 Å². The molecule has 1 N–H and O–H groups in total. The van der Waals surface area contributed by atoms with Crippen LogP contribution in [0.15, 0.2) is 54.7 Å². The van der Waals surface area contributed by atoms with Crippen molar-refractivity contribution < 1.29 is 23.4 Å². The van der Waals surface area contributed by atoms with Gasteiger partial charge in [0.2, 0.25) is 5.88 Å². The highest BCUT2D eigenvalue weighted by Gasteiger charge is 2.12. The number of rotatable bonds is 6. The zero-order chi connectivity index (χ0) is 19.4. The lowest BCUT2D eigenvalue weighted by Gasteiger charge is -2.11. The predicted octanol–water partition coefficient (Wildman–Crippen LogP) is 4.25. The fourth-order valence-electron chi connectivity index (χ4n) is 2.81. The third kappa shape index (κ3) is 4.47. The highest BCUT2D eigenvalue weighted by molar-refractivity contribution is 5.70. The summed E-state index contributed by atoms with van der Waals surface area (Å²) in [5.41, 5.74) is 3.60. The maximum Gasteiger partial charge on any atom is 0.307 e. The van der Waals surface area contributed by atoms with Gasteiger partial charge in [0, 0.05) is 11.8 Å². The number of carbonyl (C=O) groups is 1. The number of pyridine rings is 1. The summed E-state index contributed by atoms with van der Waals surface area (Å²) in [6, 6.07) is 12.7. The van der Waals surface area contributed by atoms with E-state index in [4.69, 9.17) is 9.84 Å². The SMILES string of the molecule is COc1ncc(Cc2ccc(CC(=O)O)cc2)cc1-c1ccc(F)c(F)c1. The molecule has 0 aliphatic rings. The minimum Gasteiger partial charge on any atom is -0.481 e. The number of aromatic nitrogens is 1. The molecule has 138 valence electrons. The highest BCUT2D eigenvalue weighted by atomic mass is 19.2. The molecule has 0 spiro atoms. The molecule has 27 heavy (non-hydrogen) atoms. The fraction of sp³-hybridized carbons (Fsp3) is 0.143. The van der Waals surface area contributed by atoms with Gasteiger partial charge in [-0.2, -0.15) is 0 Å². The van der Waals surface area contributed by atoms with Gasteiger partial charge in [-0.25, -0.2) is 13.8 Å². The smallest absolute Gasteiger partial charge is 0.307 e. The molecule has 6 heteroatoms. The molecule has 1 aromatic heterocycles. The van der Waals surface area contributed by atoms with Gasteiger partial charge in [0.05, 0.1) is 13.5 Å². The van der Waals surface area contributed by atoms with Crippen molar-refractivity contribution in [2.24, 2.45) is 0 Å². The molecule has 3 rings (SSSR count). The summed E-state index contributed by atoms with van der Waals surface area (Å²) < 4.78 is 32.1. The van der Waals surface area contributed by atoms with Gasteiger partial charge >= 0.3 is 5.97 Å². The standard InChI is InChI=1S/C21H17F2NO3/c1-27-21-17(16-6-7-18(22)19(23)11-16)9-15(12-24-21)8-13-2-4-14(5-3-13)10-20(25)26/h2-7,9,11-12H,8,10H2,1H3,(H,25,26). The molecule has 0 bridgehead atoms. The van der Waals surface area contributed by atoms with Crippen LogP contribution in [0.5, 0.6) is 5.88 Å². The van der Waals surface area contributed by atoms with Crippen LogP contribution in [0.4, 0.5) is 8.78 Å². The van der Waals surface area contributed by atoms with Gasteiger partial charge in [-0.15, -0.1) is 0 Å². The topological polar surface area (TPSA) is 59.4 Å². The molecule has 0 unspecified atom stereocenters. The van der Waals surface area contributed by atoms with E-state index < -0.39 is 17.6 Å². The van der Waals surface area contributed by atoms with Gasteiger partial charge in [-0.1, -0.05) is 30.3 Å². The first-order valence-electron chi connectivity index (χ1n) is 8.24. The number of carboxylic acid groups (broad SMARTS) is 1. The van der Waals surface area contributed by atoms with Crippen molar-refractivity contribution in [3.63, 3.8) is 0 Å². The van der Waals surface area contributed by atoms with Crippen molar-refractivity contribution in [1.29, 1.82) is 0 Å². The van der Waals surface area contributed by atoms with Gasteiger partial charge in [-0.05, 0) is 46.9 Å². The van der Waals surface area contributed by atoms with E-state index >= 15 is 0 Å². The first kappa shape index (κ1) is 18.5. The monoisotopic (exact) mass is 369 g/mol. The Morgan fingerprint density at radius 3 is 2.33 bits per heavy atom. The lowest BCUT2D eigenvalue weighted by atomic mass is 10.00. The molecule has 2 aromatic carbocycles.